The highest BCUT2D eigenvalue weighted by Gasteiger charge is 1.78. The first kappa shape index (κ1) is 18.2. The fourth-order valence-corrected chi connectivity index (χ4v) is 1.17. The lowest BCUT2D eigenvalue weighted by Gasteiger charge is -1.82. The summed E-state index contributed by atoms with van der Waals surface area (Å²) in [5.74, 6) is 0. The van der Waals surface area contributed by atoms with Gasteiger partial charge in [-0.3, -0.25) is 0 Å². The second-order valence-electron chi connectivity index (χ2n) is 2.70. The van der Waals surface area contributed by atoms with Gasteiger partial charge >= 0.3 is 0 Å². The Kier molecular flexibility index (Phi) is 15.8. The van der Waals surface area contributed by atoms with Crippen molar-refractivity contribution in [1.29, 1.82) is 0 Å². The highest BCUT2D eigenvalue weighted by atomic mass is 32.1. The van der Waals surface area contributed by atoms with E-state index >= 15 is 0 Å². The number of aryl methyl sites for hydroxylation is 2. The molecule has 0 amide bonds. The van der Waals surface area contributed by atoms with Gasteiger partial charge in [-0.25, -0.2) is 0 Å². The third-order valence-corrected chi connectivity index (χ3v) is 1.98. The van der Waals surface area contributed by atoms with Crippen LogP contribution in [-0.4, -0.2) is 8.75 Å². The highest BCUT2D eigenvalue weighted by Crippen LogP contribution is 1.92. The average molecular weight is 252 g/mol. The van der Waals surface area contributed by atoms with Gasteiger partial charge in [-0.1, -0.05) is 63.6 Å². The average Bonchev–Trinajstić information content (AvgIpc) is 2.87. The second-order valence-corrected chi connectivity index (χ2v) is 3.26. The molecule has 17 heavy (non-hydrogen) atoms. The number of nitrogens with zero attached hydrogens (tertiary/aromatic N) is 2. The van der Waals surface area contributed by atoms with E-state index in [0.29, 0.717) is 0 Å². The summed E-state index contributed by atoms with van der Waals surface area (Å²) >= 11 is 1.24. The van der Waals surface area contributed by atoms with Crippen molar-refractivity contribution in [3.63, 3.8) is 0 Å². The van der Waals surface area contributed by atoms with Crippen LogP contribution in [0.1, 0.15) is 39.0 Å². The number of hydrogen-bond donors (Lipinski definition) is 0. The normalized spacial score (nSPS) is 7.41. The molecule has 3 heteroatoms. The quantitative estimate of drug-likeness (QED) is 0.667. The lowest BCUT2D eigenvalue weighted by Crippen LogP contribution is -1.62. The second kappa shape index (κ2) is 14.8. The number of benzene rings is 1. The monoisotopic (exact) mass is 252 g/mol. The van der Waals surface area contributed by atoms with E-state index in [0.717, 1.165) is 5.69 Å². The molecule has 0 aliphatic heterocycles. The molecule has 2 aromatic rings. The van der Waals surface area contributed by atoms with Crippen molar-refractivity contribution in [3.8, 4) is 0 Å². The van der Waals surface area contributed by atoms with Crippen LogP contribution in [0.2, 0.25) is 0 Å². The van der Waals surface area contributed by atoms with E-state index in [2.05, 4.69) is 27.8 Å². The molecule has 2 rings (SSSR count). The zero-order chi connectivity index (χ0) is 13.5. The van der Waals surface area contributed by atoms with E-state index in [1.165, 1.54) is 17.3 Å². The summed E-state index contributed by atoms with van der Waals surface area (Å²) < 4.78 is 7.60. The Hall–Kier alpha value is -1.22. The van der Waals surface area contributed by atoms with Crippen LogP contribution in [0.4, 0.5) is 0 Å². The third-order valence-electron chi connectivity index (χ3n) is 1.41. The molecule has 0 aliphatic carbocycles. The Balaban J connectivity index is 0. The molecule has 1 aromatic heterocycles. The first-order chi connectivity index (χ1) is 8.29. The van der Waals surface area contributed by atoms with Crippen molar-refractivity contribution in [2.24, 2.45) is 0 Å². The van der Waals surface area contributed by atoms with Crippen LogP contribution >= 0.6 is 11.7 Å². The summed E-state index contributed by atoms with van der Waals surface area (Å²) in [6.45, 7) is 12.0. The van der Waals surface area contributed by atoms with Gasteiger partial charge in [0.05, 0.1) is 23.6 Å². The van der Waals surface area contributed by atoms with E-state index in [4.69, 9.17) is 0 Å². The van der Waals surface area contributed by atoms with Gasteiger partial charge in [0.1, 0.15) is 0 Å². The minimum Gasteiger partial charge on any atom is -0.181 e. The highest BCUT2D eigenvalue weighted by molar-refractivity contribution is 6.99. The van der Waals surface area contributed by atoms with Crippen LogP contribution in [0.25, 0.3) is 0 Å². The topological polar surface area (TPSA) is 25.8 Å². The van der Waals surface area contributed by atoms with Crippen LogP contribution in [0.5, 0.6) is 0 Å². The van der Waals surface area contributed by atoms with Gasteiger partial charge in [-0.05, 0) is 13.8 Å². The van der Waals surface area contributed by atoms with Crippen molar-refractivity contribution < 1.29 is 0 Å². The van der Waals surface area contributed by atoms with Crippen LogP contribution in [0.3, 0.4) is 0 Å². The summed E-state index contributed by atoms with van der Waals surface area (Å²) in [6.07, 6.45) is 1.74. The Morgan fingerprint density at radius 2 is 1.41 bits per heavy atom. The molecular weight excluding hydrogens is 228 g/mol. The summed E-state index contributed by atoms with van der Waals surface area (Å²) in [7, 11) is 0. The standard InChI is InChI=1S/C7H8.C3H4N2S.2C2H6/c1-7-5-3-2-4-6-7;1-3-2-4-6-5-3;2*1-2/h2-6H,1H3;2H,1H3;2*1-2H3. The molecule has 1 aromatic carbocycles. The Labute approximate surface area is 110 Å². The molecule has 0 fully saturated rings. The fourth-order valence-electron chi connectivity index (χ4n) is 0.746. The maximum absolute atomic E-state index is 3.85. The van der Waals surface area contributed by atoms with Crippen LogP contribution < -0.4 is 0 Å². The van der Waals surface area contributed by atoms with Crippen LogP contribution in [0.15, 0.2) is 36.5 Å². The lowest BCUT2D eigenvalue weighted by molar-refractivity contribution is 1.33. The van der Waals surface area contributed by atoms with Crippen molar-refractivity contribution >= 4 is 11.7 Å². The van der Waals surface area contributed by atoms with Gasteiger partial charge in [0.2, 0.25) is 0 Å². The summed E-state index contributed by atoms with van der Waals surface area (Å²) in [5, 5.41) is 0. The van der Waals surface area contributed by atoms with Gasteiger partial charge in [-0.15, -0.1) is 0 Å². The number of hydrogen-bond acceptors (Lipinski definition) is 3. The molecule has 0 atom stereocenters. The molecule has 2 nitrogen and oxygen atoms in total. The molecule has 0 radical (unpaired) electrons. The first-order valence-electron chi connectivity index (χ1n) is 6.05. The molecule has 96 valence electrons. The van der Waals surface area contributed by atoms with Crippen LogP contribution in [-0.2, 0) is 0 Å². The predicted octanol–water partition coefficient (Wildman–Crippen LogP) is 4.89. The zero-order valence-corrected chi connectivity index (χ0v) is 12.6. The summed E-state index contributed by atoms with van der Waals surface area (Å²) in [4.78, 5) is 0. The molecule has 1 heterocycles. The van der Waals surface area contributed by atoms with Crippen molar-refractivity contribution in [1.82, 2.24) is 8.75 Å². The third kappa shape index (κ3) is 12.7. The summed E-state index contributed by atoms with van der Waals surface area (Å²) in [5.41, 5.74) is 2.32. The molecule has 0 saturated carbocycles. The van der Waals surface area contributed by atoms with Crippen molar-refractivity contribution in [3.05, 3.63) is 47.8 Å². The smallest absolute Gasteiger partial charge is 0.0712 e. The number of aromatic nitrogens is 2. The van der Waals surface area contributed by atoms with Crippen LogP contribution in [0, 0.1) is 13.8 Å². The SMILES string of the molecule is CC.CC.Cc1ccccc1.Cc1cnsn1. The van der Waals surface area contributed by atoms with Gasteiger partial charge in [0.15, 0.2) is 0 Å². The minimum absolute atomic E-state index is 1.00. The van der Waals surface area contributed by atoms with Crippen molar-refractivity contribution in [2.75, 3.05) is 0 Å². The maximum Gasteiger partial charge on any atom is 0.0712 e. The molecule has 0 spiro atoms. The molecule has 0 aliphatic rings. The Morgan fingerprint density at radius 1 is 0.882 bits per heavy atom. The van der Waals surface area contributed by atoms with E-state index < -0.39 is 0 Å². The summed E-state index contributed by atoms with van der Waals surface area (Å²) in [6, 6.07) is 10.3. The fraction of sp³-hybridized carbons (Fsp3) is 0.429. The van der Waals surface area contributed by atoms with E-state index in [9.17, 15) is 0 Å². The Morgan fingerprint density at radius 3 is 1.59 bits per heavy atom. The molecular formula is C14H24N2S. The zero-order valence-electron chi connectivity index (χ0n) is 11.8. The first-order valence-corrected chi connectivity index (χ1v) is 6.78. The van der Waals surface area contributed by atoms with Gasteiger partial charge in [-0.2, -0.15) is 8.75 Å². The molecule has 0 N–H and O–H groups in total. The number of rotatable bonds is 0. The largest absolute Gasteiger partial charge is 0.181 e. The van der Waals surface area contributed by atoms with Gasteiger partial charge in [0.25, 0.3) is 0 Å². The lowest BCUT2D eigenvalue weighted by atomic mass is 10.2. The predicted molar refractivity (Wildman–Crippen MR) is 78.5 cm³/mol. The maximum atomic E-state index is 3.85. The van der Waals surface area contributed by atoms with E-state index in [1.807, 2.05) is 52.8 Å². The van der Waals surface area contributed by atoms with Gasteiger partial charge in [0, 0.05) is 0 Å². The minimum atomic E-state index is 1.00. The van der Waals surface area contributed by atoms with E-state index in [-0.39, 0.29) is 0 Å². The Bertz CT molecular complexity index is 317. The molecule has 0 unspecified atom stereocenters. The van der Waals surface area contributed by atoms with E-state index in [1.54, 1.807) is 6.20 Å². The van der Waals surface area contributed by atoms with Crippen molar-refractivity contribution in [2.45, 2.75) is 41.5 Å². The molecule has 0 saturated heterocycles. The van der Waals surface area contributed by atoms with Gasteiger partial charge < -0.3 is 0 Å². The molecule has 0 bridgehead atoms.